The zero-order valence-corrected chi connectivity index (χ0v) is 19.7. The fourth-order valence-corrected chi connectivity index (χ4v) is 4.08. The summed E-state index contributed by atoms with van der Waals surface area (Å²) in [7, 11) is 1.72. The minimum Gasteiger partial charge on any atom is -0.460 e. The number of esters is 1. The number of rotatable bonds is 11. The maximum atomic E-state index is 12.5. The third-order valence-corrected chi connectivity index (χ3v) is 5.62. The molecule has 1 heterocycles. The second kappa shape index (κ2) is 12.6. The summed E-state index contributed by atoms with van der Waals surface area (Å²) < 4.78 is 11.1. The van der Waals surface area contributed by atoms with E-state index in [1.165, 1.54) is 38.5 Å². The fraction of sp³-hybridized carbons (Fsp3) is 0.680. The van der Waals surface area contributed by atoms with Gasteiger partial charge in [0.1, 0.15) is 5.60 Å². The number of carbonyl (C=O) groups is 1. The topological polar surface area (TPSA) is 77.6 Å². The van der Waals surface area contributed by atoms with E-state index >= 15 is 0 Å². The predicted octanol–water partition coefficient (Wildman–Crippen LogP) is 5.99. The van der Waals surface area contributed by atoms with Gasteiger partial charge in [-0.05, 0) is 44.8 Å². The SMILES string of the molecule is C=C/C(=C\C=NC)Cc1noc([C@H](CCCC2CCCCC2)CC(=O)OC(C)(C)C)n1. The molecule has 0 aliphatic heterocycles. The number of hydrogen-bond acceptors (Lipinski definition) is 6. The Labute approximate surface area is 187 Å². The Morgan fingerprint density at radius 3 is 2.71 bits per heavy atom. The number of nitrogens with zero attached hydrogens (tertiary/aromatic N) is 3. The monoisotopic (exact) mass is 429 g/mol. The largest absolute Gasteiger partial charge is 0.460 e. The summed E-state index contributed by atoms with van der Waals surface area (Å²) in [6, 6.07) is 0. The first-order valence-electron chi connectivity index (χ1n) is 11.6. The van der Waals surface area contributed by atoms with Gasteiger partial charge in [-0.25, -0.2) is 0 Å². The van der Waals surface area contributed by atoms with E-state index in [0.29, 0.717) is 18.1 Å². The number of ether oxygens (including phenoxy) is 1. The summed E-state index contributed by atoms with van der Waals surface area (Å²) in [6.45, 7) is 9.49. The van der Waals surface area contributed by atoms with E-state index in [1.807, 2.05) is 26.8 Å². The van der Waals surface area contributed by atoms with Crippen molar-refractivity contribution in [2.24, 2.45) is 10.9 Å². The molecule has 1 aromatic rings. The number of carbonyl (C=O) groups excluding carboxylic acids is 1. The molecule has 0 radical (unpaired) electrons. The molecule has 0 N–H and O–H groups in total. The summed E-state index contributed by atoms with van der Waals surface area (Å²) >= 11 is 0. The molecule has 0 aromatic carbocycles. The molecule has 1 aromatic heterocycles. The Morgan fingerprint density at radius 2 is 2.06 bits per heavy atom. The third kappa shape index (κ3) is 9.62. The number of hydrogen-bond donors (Lipinski definition) is 0. The van der Waals surface area contributed by atoms with Crippen molar-refractivity contribution in [2.45, 2.75) is 96.5 Å². The molecule has 0 amide bonds. The van der Waals surface area contributed by atoms with Crippen molar-refractivity contribution in [3.05, 3.63) is 36.0 Å². The molecular formula is C25H39N3O3. The summed E-state index contributed by atoms with van der Waals surface area (Å²) in [5, 5.41) is 4.14. The molecule has 6 heteroatoms. The number of aromatic nitrogens is 2. The molecule has 1 fully saturated rings. The van der Waals surface area contributed by atoms with Crippen LogP contribution in [0, 0.1) is 5.92 Å². The predicted molar refractivity (Wildman–Crippen MR) is 124 cm³/mol. The lowest BCUT2D eigenvalue weighted by molar-refractivity contribution is -0.155. The molecule has 0 bridgehead atoms. The maximum absolute atomic E-state index is 12.5. The molecule has 1 aliphatic rings. The van der Waals surface area contributed by atoms with Crippen LogP contribution in [-0.4, -0.2) is 35.0 Å². The van der Waals surface area contributed by atoms with E-state index in [9.17, 15) is 4.79 Å². The third-order valence-electron chi connectivity index (χ3n) is 5.62. The zero-order valence-electron chi connectivity index (χ0n) is 19.7. The molecule has 31 heavy (non-hydrogen) atoms. The van der Waals surface area contributed by atoms with Crippen LogP contribution in [0.2, 0.25) is 0 Å². The van der Waals surface area contributed by atoms with Crippen LogP contribution < -0.4 is 0 Å². The lowest BCUT2D eigenvalue weighted by Crippen LogP contribution is -2.25. The molecule has 0 unspecified atom stereocenters. The van der Waals surface area contributed by atoms with Gasteiger partial charge in [-0.1, -0.05) is 62.8 Å². The van der Waals surface area contributed by atoms with Crippen LogP contribution in [0.1, 0.15) is 96.2 Å². The zero-order chi connectivity index (χ0) is 22.7. The minimum atomic E-state index is -0.506. The average molecular weight is 430 g/mol. The van der Waals surface area contributed by atoms with Crippen molar-refractivity contribution < 1.29 is 14.1 Å². The van der Waals surface area contributed by atoms with Gasteiger partial charge in [0.15, 0.2) is 5.82 Å². The highest BCUT2D eigenvalue weighted by Crippen LogP contribution is 2.31. The molecule has 0 spiro atoms. The minimum absolute atomic E-state index is 0.118. The highest BCUT2D eigenvalue weighted by Gasteiger charge is 2.26. The van der Waals surface area contributed by atoms with Gasteiger partial charge in [0.05, 0.1) is 6.42 Å². The Balaban J connectivity index is 2.04. The van der Waals surface area contributed by atoms with Gasteiger partial charge in [0.25, 0.3) is 0 Å². The van der Waals surface area contributed by atoms with E-state index in [0.717, 1.165) is 24.3 Å². The fourth-order valence-electron chi connectivity index (χ4n) is 4.08. The first kappa shape index (κ1) is 25.0. The highest BCUT2D eigenvalue weighted by atomic mass is 16.6. The van der Waals surface area contributed by atoms with E-state index in [1.54, 1.807) is 19.3 Å². The van der Waals surface area contributed by atoms with Gasteiger partial charge >= 0.3 is 5.97 Å². The molecule has 1 saturated carbocycles. The Bertz CT molecular complexity index is 752. The van der Waals surface area contributed by atoms with Crippen LogP contribution >= 0.6 is 0 Å². The normalized spacial score (nSPS) is 17.1. The smallest absolute Gasteiger partial charge is 0.307 e. The summed E-state index contributed by atoms with van der Waals surface area (Å²) in [5.74, 6) is 1.59. The van der Waals surface area contributed by atoms with Crippen LogP contribution in [0.5, 0.6) is 0 Å². The lowest BCUT2D eigenvalue weighted by Gasteiger charge is -2.23. The van der Waals surface area contributed by atoms with E-state index in [-0.39, 0.29) is 18.3 Å². The first-order valence-corrected chi connectivity index (χ1v) is 11.6. The highest BCUT2D eigenvalue weighted by molar-refractivity contribution is 5.73. The molecular weight excluding hydrogens is 390 g/mol. The van der Waals surface area contributed by atoms with Gasteiger partial charge < -0.3 is 9.26 Å². The van der Waals surface area contributed by atoms with E-state index in [2.05, 4.69) is 21.7 Å². The van der Waals surface area contributed by atoms with Crippen LogP contribution in [0.25, 0.3) is 0 Å². The van der Waals surface area contributed by atoms with Crippen LogP contribution in [0.15, 0.2) is 33.8 Å². The van der Waals surface area contributed by atoms with E-state index < -0.39 is 5.60 Å². The second-order valence-corrected chi connectivity index (χ2v) is 9.50. The maximum Gasteiger partial charge on any atom is 0.307 e. The standard InChI is InChI=1S/C25H39N3O3/c1-6-19(15-16-26-5)17-22-27-24(31-28-22)21(18-23(29)30-25(2,3)4)14-10-13-20-11-8-7-9-12-20/h6,15-16,20-21H,1,7-14,17-18H2,2-5H3/b19-15+,26-16?/t21-/m1/s1. The molecule has 1 atom stereocenters. The number of aliphatic imine (C=N–C) groups is 1. The van der Waals surface area contributed by atoms with Crippen molar-refractivity contribution in [2.75, 3.05) is 7.05 Å². The van der Waals surface area contributed by atoms with Crippen LogP contribution in [0.3, 0.4) is 0 Å². The van der Waals surface area contributed by atoms with Gasteiger partial charge in [-0.15, -0.1) is 0 Å². The Kier molecular flexibility index (Phi) is 10.2. The summed E-state index contributed by atoms with van der Waals surface area (Å²) in [6.07, 6.45) is 16.0. The van der Waals surface area contributed by atoms with E-state index in [4.69, 9.17) is 9.26 Å². The van der Waals surface area contributed by atoms with Crippen molar-refractivity contribution in [1.82, 2.24) is 10.1 Å². The number of allylic oxidation sites excluding steroid dienone is 3. The lowest BCUT2D eigenvalue weighted by atomic mass is 9.84. The molecule has 2 rings (SSSR count). The quantitative estimate of drug-likeness (QED) is 0.245. The van der Waals surface area contributed by atoms with Gasteiger partial charge in [-0.2, -0.15) is 4.98 Å². The molecule has 0 saturated heterocycles. The van der Waals surface area contributed by atoms with Gasteiger partial charge in [0, 0.05) is 25.6 Å². The molecule has 1 aliphatic carbocycles. The average Bonchev–Trinajstić information content (AvgIpc) is 3.18. The van der Waals surface area contributed by atoms with Gasteiger partial charge in [0.2, 0.25) is 5.89 Å². The first-order chi connectivity index (χ1) is 14.8. The van der Waals surface area contributed by atoms with Crippen LogP contribution in [0.4, 0.5) is 0 Å². The molecule has 6 nitrogen and oxygen atoms in total. The summed E-state index contributed by atoms with van der Waals surface area (Å²) in [5.41, 5.74) is 0.452. The van der Waals surface area contributed by atoms with Crippen LogP contribution in [-0.2, 0) is 16.0 Å². The second-order valence-electron chi connectivity index (χ2n) is 9.50. The van der Waals surface area contributed by atoms with Crippen molar-refractivity contribution in [3.63, 3.8) is 0 Å². The van der Waals surface area contributed by atoms with Crippen molar-refractivity contribution in [1.29, 1.82) is 0 Å². The summed E-state index contributed by atoms with van der Waals surface area (Å²) in [4.78, 5) is 21.1. The Morgan fingerprint density at radius 1 is 1.32 bits per heavy atom. The molecule has 172 valence electrons. The Hall–Kier alpha value is -2.24. The van der Waals surface area contributed by atoms with Crippen molar-refractivity contribution >= 4 is 12.2 Å². The van der Waals surface area contributed by atoms with Gasteiger partial charge in [-0.3, -0.25) is 9.79 Å². The van der Waals surface area contributed by atoms with Crippen molar-refractivity contribution in [3.8, 4) is 0 Å².